The van der Waals surface area contributed by atoms with Crippen molar-refractivity contribution in [3.05, 3.63) is 82.9 Å². The largest absolute Gasteiger partial charge is 0.456 e. The van der Waals surface area contributed by atoms with Gasteiger partial charge in [-0.1, -0.05) is 29.8 Å². The number of imidazole rings is 1. The molecule has 174 valence electrons. The Morgan fingerprint density at radius 3 is 2.83 bits per heavy atom. The van der Waals surface area contributed by atoms with Gasteiger partial charge in [-0.15, -0.1) is 0 Å². The first-order chi connectivity index (χ1) is 17.1. The fraction of sp³-hybridized carbons (Fsp3) is 0.222. The van der Waals surface area contributed by atoms with Gasteiger partial charge in [0.25, 0.3) is 0 Å². The van der Waals surface area contributed by atoms with Crippen LogP contribution < -0.4 is 9.64 Å². The molecular formula is C27H22ClN5O2. The van der Waals surface area contributed by atoms with Gasteiger partial charge in [-0.3, -0.25) is 9.69 Å². The van der Waals surface area contributed by atoms with Crippen LogP contribution in [0.1, 0.15) is 16.8 Å². The molecule has 1 fully saturated rings. The van der Waals surface area contributed by atoms with Gasteiger partial charge < -0.3 is 14.2 Å². The number of rotatable bonds is 0. The average Bonchev–Trinajstić information content (AvgIpc) is 3.29. The summed E-state index contributed by atoms with van der Waals surface area (Å²) in [5, 5.41) is 12.0. The Bertz CT molecular complexity index is 1510. The van der Waals surface area contributed by atoms with Crippen LogP contribution in [0.15, 0.2) is 61.1 Å². The summed E-state index contributed by atoms with van der Waals surface area (Å²) in [6, 6.07) is 17.6. The van der Waals surface area contributed by atoms with Crippen LogP contribution in [0.3, 0.4) is 0 Å². The quantitative estimate of drug-likeness (QED) is 0.365. The normalized spacial score (nSPS) is 17.7. The van der Waals surface area contributed by atoms with Crippen LogP contribution in [0.4, 0.5) is 5.69 Å². The minimum Gasteiger partial charge on any atom is -0.456 e. The van der Waals surface area contributed by atoms with E-state index in [0.717, 1.165) is 47.2 Å². The number of hydrogen-bond donors (Lipinski definition) is 0. The molecule has 1 unspecified atom stereocenters. The summed E-state index contributed by atoms with van der Waals surface area (Å²) in [7, 11) is 0. The number of fused-ring (bicyclic) bond motifs is 3. The molecule has 3 aromatic carbocycles. The lowest BCUT2D eigenvalue weighted by atomic mass is 10.1. The number of amides is 1. The van der Waals surface area contributed by atoms with E-state index in [9.17, 15) is 10.1 Å². The molecule has 6 bridgehead atoms. The number of carbonyl (C=O) groups excluding carboxylic acids is 1. The van der Waals surface area contributed by atoms with E-state index < -0.39 is 0 Å². The predicted molar refractivity (Wildman–Crippen MR) is 134 cm³/mol. The van der Waals surface area contributed by atoms with Crippen LogP contribution in [-0.4, -0.2) is 46.5 Å². The molecule has 0 aliphatic carbocycles. The van der Waals surface area contributed by atoms with E-state index >= 15 is 0 Å². The van der Waals surface area contributed by atoms with E-state index in [-0.39, 0.29) is 11.5 Å². The first-order valence-electron chi connectivity index (χ1n) is 11.5. The smallest absolute Gasteiger partial charge is 0.241 e. The third-order valence-corrected chi connectivity index (χ3v) is 7.01. The molecule has 4 aromatic rings. The molecule has 0 saturated carbocycles. The third kappa shape index (κ3) is 4.01. The highest BCUT2D eigenvalue weighted by Crippen LogP contribution is 2.36. The Hall–Kier alpha value is -3.86. The molecule has 8 heteroatoms. The van der Waals surface area contributed by atoms with Gasteiger partial charge in [0.05, 0.1) is 23.6 Å². The minimum atomic E-state index is 0.0816. The molecule has 7 nitrogen and oxygen atoms in total. The number of nitriles is 1. The van der Waals surface area contributed by atoms with Crippen molar-refractivity contribution in [3.63, 3.8) is 0 Å². The maximum Gasteiger partial charge on any atom is 0.241 e. The minimum absolute atomic E-state index is 0.0816. The lowest BCUT2D eigenvalue weighted by molar-refractivity contribution is -0.121. The fourth-order valence-corrected chi connectivity index (χ4v) is 5.19. The Morgan fingerprint density at radius 2 is 1.97 bits per heavy atom. The Kier molecular flexibility index (Phi) is 5.40. The molecule has 35 heavy (non-hydrogen) atoms. The molecule has 7 rings (SSSR count). The van der Waals surface area contributed by atoms with E-state index in [4.69, 9.17) is 16.3 Å². The zero-order valence-electron chi connectivity index (χ0n) is 18.9. The molecule has 0 spiro atoms. The van der Waals surface area contributed by atoms with Gasteiger partial charge in [0.15, 0.2) is 0 Å². The molecule has 3 aliphatic heterocycles. The van der Waals surface area contributed by atoms with Crippen molar-refractivity contribution in [2.75, 3.05) is 31.1 Å². The lowest BCUT2D eigenvalue weighted by Gasteiger charge is -2.35. The third-order valence-electron chi connectivity index (χ3n) is 6.71. The SMILES string of the molecule is N#Cc1c(Cl)cc2cc1Oc1ccc3cccc(c3c1)N1CCN(CCc3cncn3C2)CC1=O. The van der Waals surface area contributed by atoms with Crippen molar-refractivity contribution in [1.29, 1.82) is 5.26 Å². The second kappa shape index (κ2) is 8.73. The summed E-state index contributed by atoms with van der Waals surface area (Å²) < 4.78 is 8.31. The summed E-state index contributed by atoms with van der Waals surface area (Å²) in [5.41, 5.74) is 3.14. The van der Waals surface area contributed by atoms with Gasteiger partial charge in [0.2, 0.25) is 5.91 Å². The number of anilines is 1. The first kappa shape index (κ1) is 21.7. The maximum absolute atomic E-state index is 13.2. The van der Waals surface area contributed by atoms with Crippen molar-refractivity contribution < 1.29 is 9.53 Å². The van der Waals surface area contributed by atoms with Crippen LogP contribution in [0.2, 0.25) is 5.02 Å². The van der Waals surface area contributed by atoms with Gasteiger partial charge in [-0.25, -0.2) is 4.98 Å². The summed E-state index contributed by atoms with van der Waals surface area (Å²) in [6.45, 7) is 3.12. The zero-order valence-corrected chi connectivity index (χ0v) is 19.7. The Morgan fingerprint density at radius 1 is 1.06 bits per heavy atom. The summed E-state index contributed by atoms with van der Waals surface area (Å²) >= 11 is 6.50. The summed E-state index contributed by atoms with van der Waals surface area (Å²) in [5.74, 6) is 1.06. The number of piperazine rings is 1. The molecular weight excluding hydrogens is 462 g/mol. The van der Waals surface area contributed by atoms with Gasteiger partial charge in [-0.05, 0) is 41.3 Å². The highest BCUT2D eigenvalue weighted by Gasteiger charge is 2.26. The van der Waals surface area contributed by atoms with Gasteiger partial charge >= 0.3 is 0 Å². The molecule has 1 amide bonds. The monoisotopic (exact) mass is 483 g/mol. The topological polar surface area (TPSA) is 74.4 Å². The van der Waals surface area contributed by atoms with Crippen LogP contribution in [0.25, 0.3) is 10.8 Å². The standard InChI is InChI=1S/C27H22ClN5O2/c28-24-10-18-11-26(23(24)13-29)35-21-5-4-19-2-1-3-25(22(19)12-21)33-9-8-31(16-27(33)34)7-6-20-14-30-17-32(20)15-18/h1-5,10-12,14,17H,6-9,15-16H2. The zero-order chi connectivity index (χ0) is 23.9. The van der Waals surface area contributed by atoms with Gasteiger partial charge in [0, 0.05) is 49.9 Å². The predicted octanol–water partition coefficient (Wildman–Crippen LogP) is 4.61. The molecule has 0 N–H and O–H groups in total. The molecule has 3 aliphatic rings. The van der Waals surface area contributed by atoms with Crippen molar-refractivity contribution in [2.24, 2.45) is 0 Å². The number of nitrogens with zero attached hydrogens (tertiary/aromatic N) is 5. The molecule has 1 atom stereocenters. The van der Waals surface area contributed by atoms with Crippen molar-refractivity contribution >= 4 is 34.0 Å². The van der Waals surface area contributed by atoms with E-state index in [0.29, 0.717) is 36.2 Å². The van der Waals surface area contributed by atoms with Crippen molar-refractivity contribution in [2.45, 2.75) is 13.0 Å². The van der Waals surface area contributed by atoms with Crippen LogP contribution in [0.5, 0.6) is 11.5 Å². The molecule has 1 saturated heterocycles. The highest BCUT2D eigenvalue weighted by molar-refractivity contribution is 6.32. The highest BCUT2D eigenvalue weighted by atomic mass is 35.5. The second-order valence-corrected chi connectivity index (χ2v) is 9.32. The summed E-state index contributed by atoms with van der Waals surface area (Å²) in [4.78, 5) is 21.6. The Balaban J connectivity index is 1.51. The first-order valence-corrected chi connectivity index (χ1v) is 11.9. The van der Waals surface area contributed by atoms with Crippen LogP contribution in [-0.2, 0) is 17.8 Å². The van der Waals surface area contributed by atoms with Crippen molar-refractivity contribution in [3.8, 4) is 17.6 Å². The van der Waals surface area contributed by atoms with Gasteiger partial charge in [0.1, 0.15) is 23.1 Å². The maximum atomic E-state index is 13.2. The van der Waals surface area contributed by atoms with Crippen LogP contribution in [0, 0.1) is 11.3 Å². The van der Waals surface area contributed by atoms with Crippen molar-refractivity contribution in [1.82, 2.24) is 14.5 Å². The Labute approximate surface area is 207 Å². The number of carbonyl (C=O) groups is 1. The van der Waals surface area contributed by atoms with E-state index in [1.54, 1.807) is 12.4 Å². The molecule has 0 radical (unpaired) electrons. The molecule has 1 aromatic heterocycles. The number of hydrogen-bond acceptors (Lipinski definition) is 5. The number of halogens is 1. The number of benzene rings is 3. The lowest BCUT2D eigenvalue weighted by Crippen LogP contribution is -2.51. The van der Waals surface area contributed by atoms with E-state index in [1.807, 2.05) is 53.6 Å². The number of ether oxygens (including phenoxy) is 1. The number of aromatic nitrogens is 2. The average molecular weight is 484 g/mol. The second-order valence-electron chi connectivity index (χ2n) is 8.91. The summed E-state index contributed by atoms with van der Waals surface area (Å²) in [6.07, 6.45) is 4.43. The van der Waals surface area contributed by atoms with Crippen LogP contribution >= 0.6 is 11.6 Å². The van der Waals surface area contributed by atoms with E-state index in [2.05, 4.69) is 20.5 Å². The fourth-order valence-electron chi connectivity index (χ4n) is 4.91. The van der Waals surface area contributed by atoms with Gasteiger partial charge in [-0.2, -0.15) is 5.26 Å². The molecule has 4 heterocycles. The van der Waals surface area contributed by atoms with E-state index in [1.165, 1.54) is 0 Å².